The highest BCUT2D eigenvalue weighted by atomic mass is 16.5. The number of aromatic nitrogens is 2. The van der Waals surface area contributed by atoms with Crippen molar-refractivity contribution in [1.29, 1.82) is 0 Å². The Hall–Kier alpha value is -2.53. The quantitative estimate of drug-likeness (QED) is 0.744. The van der Waals surface area contributed by atoms with E-state index in [-0.39, 0.29) is 5.54 Å². The van der Waals surface area contributed by atoms with Gasteiger partial charge in [-0.3, -0.25) is 0 Å². The molecule has 0 spiro atoms. The van der Waals surface area contributed by atoms with Crippen LogP contribution in [-0.2, 0) is 6.42 Å². The summed E-state index contributed by atoms with van der Waals surface area (Å²) in [7, 11) is 1.72. The standard InChI is InChI=1S/C21H24N4O/c1-26-19-7-4-10-22-20(19)25-14-21(11-16(25)13-24-21)9-8-15-12-23-18-6-3-2-5-17(15)18/h2-7,10,12,16,23-24H,8-9,11,13-14H2,1H3/t16-,21?/m0/s1. The number of rotatable bonds is 5. The van der Waals surface area contributed by atoms with E-state index >= 15 is 0 Å². The van der Waals surface area contributed by atoms with Crippen LogP contribution >= 0.6 is 0 Å². The fourth-order valence-corrected chi connectivity index (χ4v) is 4.71. The Bertz CT molecular complexity index is 936. The van der Waals surface area contributed by atoms with E-state index in [2.05, 4.69) is 50.6 Å². The van der Waals surface area contributed by atoms with E-state index in [9.17, 15) is 0 Å². The van der Waals surface area contributed by atoms with Gasteiger partial charge in [-0.15, -0.1) is 0 Å². The number of piperazine rings is 1. The summed E-state index contributed by atoms with van der Waals surface area (Å²) >= 11 is 0. The number of methoxy groups -OCH3 is 1. The zero-order chi connectivity index (χ0) is 17.6. The average molecular weight is 348 g/mol. The molecule has 1 aromatic carbocycles. The smallest absolute Gasteiger partial charge is 0.171 e. The number of fused-ring (bicyclic) bond motifs is 3. The molecule has 26 heavy (non-hydrogen) atoms. The third-order valence-electron chi connectivity index (χ3n) is 6.04. The van der Waals surface area contributed by atoms with Gasteiger partial charge in [-0.25, -0.2) is 4.98 Å². The number of hydrogen-bond acceptors (Lipinski definition) is 4. The first-order chi connectivity index (χ1) is 12.8. The molecular formula is C21H24N4O. The van der Waals surface area contributed by atoms with Crippen molar-refractivity contribution in [2.45, 2.75) is 30.8 Å². The second kappa shape index (κ2) is 6.02. The van der Waals surface area contributed by atoms with Gasteiger partial charge in [0.25, 0.3) is 0 Å². The first kappa shape index (κ1) is 15.7. The van der Waals surface area contributed by atoms with E-state index in [4.69, 9.17) is 4.74 Å². The zero-order valence-electron chi connectivity index (χ0n) is 15.0. The lowest BCUT2D eigenvalue weighted by molar-refractivity contribution is 0.367. The molecule has 2 atom stereocenters. The molecular weight excluding hydrogens is 324 g/mol. The fourth-order valence-electron chi connectivity index (χ4n) is 4.71. The number of nitrogens with one attached hydrogen (secondary N) is 2. The van der Waals surface area contributed by atoms with Crippen molar-refractivity contribution in [2.75, 3.05) is 25.1 Å². The number of para-hydroxylation sites is 1. The van der Waals surface area contributed by atoms with Crippen molar-refractivity contribution >= 4 is 16.7 Å². The first-order valence-corrected chi connectivity index (χ1v) is 9.34. The Morgan fingerprint density at radius 1 is 1.27 bits per heavy atom. The van der Waals surface area contributed by atoms with Crippen LogP contribution in [0.1, 0.15) is 18.4 Å². The second-order valence-electron chi connectivity index (χ2n) is 7.54. The second-order valence-corrected chi connectivity index (χ2v) is 7.54. The Balaban J connectivity index is 1.36. The molecule has 0 radical (unpaired) electrons. The van der Waals surface area contributed by atoms with Crippen molar-refractivity contribution in [3.05, 3.63) is 54.4 Å². The van der Waals surface area contributed by atoms with Crippen LogP contribution in [0.25, 0.3) is 10.9 Å². The number of pyridine rings is 1. The molecule has 5 rings (SSSR count). The Kier molecular flexibility index (Phi) is 3.64. The normalized spacial score (nSPS) is 24.5. The number of nitrogens with zero attached hydrogens (tertiary/aromatic N) is 2. The molecule has 0 saturated carbocycles. The Morgan fingerprint density at radius 2 is 2.19 bits per heavy atom. The molecule has 0 aliphatic carbocycles. The maximum absolute atomic E-state index is 5.54. The fraction of sp³-hybridized carbons (Fsp3) is 0.381. The van der Waals surface area contributed by atoms with Gasteiger partial charge in [0, 0.05) is 48.0 Å². The zero-order valence-corrected chi connectivity index (χ0v) is 15.0. The van der Waals surface area contributed by atoms with Crippen LogP contribution in [0.5, 0.6) is 5.75 Å². The molecule has 5 nitrogen and oxygen atoms in total. The van der Waals surface area contributed by atoms with Crippen molar-refractivity contribution < 1.29 is 4.74 Å². The van der Waals surface area contributed by atoms with Gasteiger partial charge in [-0.1, -0.05) is 18.2 Å². The molecule has 2 fully saturated rings. The van der Waals surface area contributed by atoms with Crippen molar-refractivity contribution in [1.82, 2.24) is 15.3 Å². The number of aryl methyl sites for hydroxylation is 1. The maximum Gasteiger partial charge on any atom is 0.171 e. The molecule has 2 aliphatic rings. The molecule has 0 amide bonds. The van der Waals surface area contributed by atoms with Crippen molar-refractivity contribution in [3.63, 3.8) is 0 Å². The van der Waals surface area contributed by atoms with Gasteiger partial charge in [0.1, 0.15) is 0 Å². The Morgan fingerprint density at radius 3 is 3.12 bits per heavy atom. The minimum absolute atomic E-state index is 0.172. The van der Waals surface area contributed by atoms with Crippen LogP contribution in [0.2, 0.25) is 0 Å². The SMILES string of the molecule is COc1cccnc1N1CC2(CCc3c[nH]c4ccccc34)C[C@H]1CN2. The number of anilines is 1. The van der Waals surface area contributed by atoms with E-state index in [1.165, 1.54) is 22.9 Å². The summed E-state index contributed by atoms with van der Waals surface area (Å²) < 4.78 is 5.54. The maximum atomic E-state index is 5.54. The summed E-state index contributed by atoms with van der Waals surface area (Å²) in [5.41, 5.74) is 2.81. The third-order valence-corrected chi connectivity index (χ3v) is 6.04. The summed E-state index contributed by atoms with van der Waals surface area (Å²) in [4.78, 5) is 10.4. The average Bonchev–Trinajstić information content (AvgIpc) is 3.39. The largest absolute Gasteiger partial charge is 0.493 e. The number of benzene rings is 1. The lowest BCUT2D eigenvalue weighted by Gasteiger charge is -2.35. The number of ether oxygens (including phenoxy) is 1. The van der Waals surface area contributed by atoms with Gasteiger partial charge in [0.2, 0.25) is 0 Å². The molecule has 4 heterocycles. The summed E-state index contributed by atoms with van der Waals surface area (Å²) in [6.07, 6.45) is 7.42. The van der Waals surface area contributed by atoms with E-state index < -0.39 is 0 Å². The highest BCUT2D eigenvalue weighted by molar-refractivity contribution is 5.83. The molecule has 5 heteroatoms. The van der Waals surface area contributed by atoms with Crippen LogP contribution in [0.15, 0.2) is 48.8 Å². The summed E-state index contributed by atoms with van der Waals surface area (Å²) in [5.74, 6) is 1.85. The van der Waals surface area contributed by atoms with Gasteiger partial charge in [0.15, 0.2) is 11.6 Å². The summed E-state index contributed by atoms with van der Waals surface area (Å²) in [6, 6.07) is 13.0. The Labute approximate surface area is 153 Å². The van der Waals surface area contributed by atoms with Crippen molar-refractivity contribution in [3.8, 4) is 5.75 Å². The molecule has 2 bridgehead atoms. The van der Waals surface area contributed by atoms with Gasteiger partial charge < -0.3 is 19.9 Å². The highest BCUT2D eigenvalue weighted by Gasteiger charge is 2.49. The van der Waals surface area contributed by atoms with E-state index in [0.717, 1.165) is 37.5 Å². The molecule has 2 N–H and O–H groups in total. The van der Waals surface area contributed by atoms with Crippen LogP contribution in [-0.4, -0.2) is 41.7 Å². The number of hydrogen-bond donors (Lipinski definition) is 2. The number of aromatic amines is 1. The van der Waals surface area contributed by atoms with Crippen LogP contribution in [0.4, 0.5) is 5.82 Å². The van der Waals surface area contributed by atoms with Crippen molar-refractivity contribution in [2.24, 2.45) is 0 Å². The minimum atomic E-state index is 0.172. The molecule has 2 saturated heterocycles. The predicted octanol–water partition coefficient (Wildman–Crippen LogP) is 3.13. The van der Waals surface area contributed by atoms with E-state index in [1.54, 1.807) is 7.11 Å². The highest BCUT2D eigenvalue weighted by Crippen LogP contribution is 2.41. The lowest BCUT2D eigenvalue weighted by Crippen LogP contribution is -2.52. The molecule has 2 aromatic heterocycles. The minimum Gasteiger partial charge on any atom is -0.493 e. The van der Waals surface area contributed by atoms with Gasteiger partial charge in [-0.2, -0.15) is 0 Å². The topological polar surface area (TPSA) is 53.2 Å². The van der Waals surface area contributed by atoms with Gasteiger partial charge in [0.05, 0.1) is 7.11 Å². The van der Waals surface area contributed by atoms with Crippen LogP contribution < -0.4 is 15.0 Å². The molecule has 3 aromatic rings. The summed E-state index contributed by atoms with van der Waals surface area (Å²) in [5, 5.41) is 5.14. The first-order valence-electron chi connectivity index (χ1n) is 9.34. The molecule has 134 valence electrons. The third kappa shape index (κ3) is 2.46. The van der Waals surface area contributed by atoms with Crippen LogP contribution in [0.3, 0.4) is 0 Å². The van der Waals surface area contributed by atoms with E-state index in [1.807, 2.05) is 18.3 Å². The van der Waals surface area contributed by atoms with Gasteiger partial charge >= 0.3 is 0 Å². The molecule has 2 aliphatic heterocycles. The van der Waals surface area contributed by atoms with E-state index in [0.29, 0.717) is 6.04 Å². The monoisotopic (exact) mass is 348 g/mol. The van der Waals surface area contributed by atoms with Gasteiger partial charge in [-0.05, 0) is 43.0 Å². The molecule has 1 unspecified atom stereocenters. The number of H-pyrrole nitrogens is 1. The summed E-state index contributed by atoms with van der Waals surface area (Å²) in [6.45, 7) is 2.01. The predicted molar refractivity (Wildman–Crippen MR) is 104 cm³/mol. The lowest BCUT2D eigenvalue weighted by atomic mass is 9.91. The van der Waals surface area contributed by atoms with Crippen LogP contribution in [0, 0.1) is 0 Å².